The van der Waals surface area contributed by atoms with Gasteiger partial charge in [-0.2, -0.15) is 0 Å². The molecule has 4 N–H and O–H groups in total. The molecule has 3 saturated carbocycles. The molecule has 0 radical (unpaired) electrons. The van der Waals surface area contributed by atoms with Gasteiger partial charge in [-0.3, -0.25) is 10.1 Å². The molecule has 33 heavy (non-hydrogen) atoms. The average Bonchev–Trinajstić information content (AvgIpc) is 3.17. The van der Waals surface area contributed by atoms with Gasteiger partial charge in [0.05, 0.1) is 19.3 Å². The molecule has 9 atom stereocenters. The third-order valence-corrected chi connectivity index (χ3v) is 10.3. The molecule has 0 amide bonds. The zero-order valence-electron chi connectivity index (χ0n) is 20.3. The van der Waals surface area contributed by atoms with Crippen LogP contribution in [0.1, 0.15) is 60.3 Å². The van der Waals surface area contributed by atoms with E-state index < -0.39 is 52.0 Å². The lowest BCUT2D eigenvalue weighted by atomic mass is 9.44. The molecule has 0 aromatic carbocycles. The summed E-state index contributed by atoms with van der Waals surface area (Å²) in [5, 5.41) is 37.9. The van der Waals surface area contributed by atoms with E-state index in [2.05, 4.69) is 5.32 Å². The fourth-order valence-electron chi connectivity index (χ4n) is 8.74. The Morgan fingerprint density at radius 1 is 1.24 bits per heavy atom. The summed E-state index contributed by atoms with van der Waals surface area (Å²) < 4.78 is 23.4. The van der Waals surface area contributed by atoms with Crippen LogP contribution in [-0.4, -0.2) is 63.0 Å². The van der Waals surface area contributed by atoms with Crippen molar-refractivity contribution in [3.8, 4) is 0 Å². The van der Waals surface area contributed by atoms with Crippen LogP contribution in [0.15, 0.2) is 23.8 Å². The maximum atomic E-state index is 17.3. The zero-order chi connectivity index (χ0) is 24.2. The lowest BCUT2D eigenvalue weighted by Gasteiger charge is -2.64. The first kappa shape index (κ1) is 23.6. The minimum absolute atomic E-state index is 0.0450. The summed E-state index contributed by atoms with van der Waals surface area (Å²) in [6.07, 6.45) is 4.97. The SMILES string of the molecule is C[C@H]1CC2C3CCC4=CC(=O)C=C[C@]4(C)[C@@]3(F)[C@@H](O)C[C@]2(C)[C@@]1(O)C1(CO)NC(C)(C)CO1. The summed E-state index contributed by atoms with van der Waals surface area (Å²) in [6.45, 7) is 9.50. The van der Waals surface area contributed by atoms with Gasteiger partial charge in [0, 0.05) is 22.3 Å². The molecule has 5 rings (SSSR count). The van der Waals surface area contributed by atoms with Gasteiger partial charge in [-0.1, -0.05) is 25.5 Å². The van der Waals surface area contributed by atoms with Crippen LogP contribution >= 0.6 is 0 Å². The normalized spacial score (nSPS) is 55.1. The van der Waals surface area contributed by atoms with Crippen molar-refractivity contribution in [2.24, 2.45) is 28.6 Å². The molecule has 0 aromatic rings. The van der Waals surface area contributed by atoms with E-state index in [4.69, 9.17) is 4.74 Å². The van der Waals surface area contributed by atoms with Crippen molar-refractivity contribution >= 4 is 5.78 Å². The van der Waals surface area contributed by atoms with Crippen molar-refractivity contribution in [3.05, 3.63) is 23.8 Å². The van der Waals surface area contributed by atoms with E-state index in [9.17, 15) is 20.1 Å². The molecule has 0 bridgehead atoms. The third kappa shape index (κ3) is 2.58. The lowest BCUT2D eigenvalue weighted by Crippen LogP contribution is -2.75. The molecule has 6 nitrogen and oxygen atoms in total. The number of ether oxygens (including phenoxy) is 1. The van der Waals surface area contributed by atoms with Crippen molar-refractivity contribution in [1.82, 2.24) is 5.32 Å². The second-order valence-electron chi connectivity index (χ2n) is 12.5. The van der Waals surface area contributed by atoms with Crippen molar-refractivity contribution in [3.63, 3.8) is 0 Å². The molecule has 4 aliphatic carbocycles. The molecular formula is C26H38FNO5. The largest absolute Gasteiger partial charge is 0.392 e. The van der Waals surface area contributed by atoms with Gasteiger partial charge in [-0.15, -0.1) is 0 Å². The summed E-state index contributed by atoms with van der Waals surface area (Å²) in [5.74, 6) is -1.13. The second-order valence-corrected chi connectivity index (χ2v) is 12.5. The summed E-state index contributed by atoms with van der Waals surface area (Å²) in [6, 6.07) is 0. The number of fused-ring (bicyclic) bond motifs is 5. The smallest absolute Gasteiger partial charge is 0.178 e. The van der Waals surface area contributed by atoms with Crippen LogP contribution in [0.2, 0.25) is 0 Å². The fraction of sp³-hybridized carbons (Fsp3) is 0.808. The molecule has 1 aliphatic heterocycles. The third-order valence-electron chi connectivity index (χ3n) is 10.3. The van der Waals surface area contributed by atoms with Gasteiger partial charge >= 0.3 is 0 Å². The highest BCUT2D eigenvalue weighted by Crippen LogP contribution is 2.72. The Labute approximate surface area is 195 Å². The number of hydrogen-bond acceptors (Lipinski definition) is 6. The topological polar surface area (TPSA) is 99.0 Å². The van der Waals surface area contributed by atoms with Crippen molar-refractivity contribution < 1.29 is 29.2 Å². The molecule has 1 heterocycles. The van der Waals surface area contributed by atoms with Gasteiger partial charge in [-0.25, -0.2) is 4.39 Å². The first-order valence-electron chi connectivity index (χ1n) is 12.3. The Kier molecular flexibility index (Phi) is 4.83. The molecule has 0 spiro atoms. The number of allylic oxidation sites excluding steroid dienone is 4. The summed E-state index contributed by atoms with van der Waals surface area (Å²) in [4.78, 5) is 12.0. The van der Waals surface area contributed by atoms with Crippen LogP contribution in [0.3, 0.4) is 0 Å². The minimum Gasteiger partial charge on any atom is -0.392 e. The molecule has 4 fully saturated rings. The number of halogens is 1. The number of aliphatic hydroxyl groups is 3. The highest BCUT2D eigenvalue weighted by Gasteiger charge is 2.79. The minimum atomic E-state index is -1.95. The Balaban J connectivity index is 1.62. The van der Waals surface area contributed by atoms with Crippen LogP contribution in [0.25, 0.3) is 0 Å². The Bertz CT molecular complexity index is 949. The lowest BCUT2D eigenvalue weighted by molar-refractivity contribution is -0.280. The molecule has 5 aliphatic rings. The van der Waals surface area contributed by atoms with Gasteiger partial charge in [0.2, 0.25) is 0 Å². The van der Waals surface area contributed by atoms with Crippen LogP contribution in [0.5, 0.6) is 0 Å². The predicted octanol–water partition coefficient (Wildman–Crippen LogP) is 2.42. The molecule has 0 aromatic heterocycles. The number of carbonyl (C=O) groups is 1. The van der Waals surface area contributed by atoms with Crippen molar-refractivity contribution in [2.45, 2.75) is 88.9 Å². The first-order chi connectivity index (χ1) is 15.2. The number of carbonyl (C=O) groups excluding carboxylic acids is 1. The molecule has 184 valence electrons. The number of ketones is 1. The summed E-state index contributed by atoms with van der Waals surface area (Å²) in [7, 11) is 0. The maximum absolute atomic E-state index is 17.3. The number of alkyl halides is 1. The molecule has 1 saturated heterocycles. The van der Waals surface area contributed by atoms with Gasteiger partial charge in [0.15, 0.2) is 17.2 Å². The highest BCUT2D eigenvalue weighted by atomic mass is 19.1. The number of hydrogen-bond donors (Lipinski definition) is 4. The number of aliphatic hydroxyl groups excluding tert-OH is 2. The van der Waals surface area contributed by atoms with Crippen molar-refractivity contribution in [1.29, 1.82) is 0 Å². The summed E-state index contributed by atoms with van der Waals surface area (Å²) >= 11 is 0. The van der Waals surface area contributed by atoms with Crippen LogP contribution in [0.4, 0.5) is 4.39 Å². The first-order valence-corrected chi connectivity index (χ1v) is 12.3. The maximum Gasteiger partial charge on any atom is 0.178 e. The highest BCUT2D eigenvalue weighted by molar-refractivity contribution is 6.01. The van der Waals surface area contributed by atoms with Gasteiger partial charge in [-0.05, 0) is 70.4 Å². The van der Waals surface area contributed by atoms with Crippen LogP contribution in [-0.2, 0) is 9.53 Å². The second kappa shape index (κ2) is 6.76. The van der Waals surface area contributed by atoms with Gasteiger partial charge in [0.25, 0.3) is 0 Å². The van der Waals surface area contributed by atoms with E-state index >= 15 is 4.39 Å². The fourth-order valence-corrected chi connectivity index (χ4v) is 8.74. The van der Waals surface area contributed by atoms with Crippen LogP contribution in [0, 0.1) is 28.6 Å². The van der Waals surface area contributed by atoms with Crippen LogP contribution < -0.4 is 5.32 Å². The van der Waals surface area contributed by atoms with E-state index in [1.165, 1.54) is 12.2 Å². The monoisotopic (exact) mass is 463 g/mol. The van der Waals surface area contributed by atoms with E-state index in [0.29, 0.717) is 25.9 Å². The predicted molar refractivity (Wildman–Crippen MR) is 121 cm³/mol. The Morgan fingerprint density at radius 3 is 2.55 bits per heavy atom. The molecule has 3 unspecified atom stereocenters. The average molecular weight is 464 g/mol. The molecule has 7 heteroatoms. The summed E-state index contributed by atoms with van der Waals surface area (Å²) in [5.41, 5.74) is -6.49. The van der Waals surface area contributed by atoms with E-state index in [0.717, 1.165) is 5.57 Å². The van der Waals surface area contributed by atoms with Crippen molar-refractivity contribution in [2.75, 3.05) is 13.2 Å². The Hall–Kier alpha value is -1.12. The molecular weight excluding hydrogens is 425 g/mol. The van der Waals surface area contributed by atoms with Gasteiger partial charge < -0.3 is 20.1 Å². The number of nitrogens with one attached hydrogen (secondary N) is 1. The van der Waals surface area contributed by atoms with Gasteiger partial charge in [0.1, 0.15) is 5.60 Å². The quantitative estimate of drug-likeness (QED) is 0.502. The van der Waals surface area contributed by atoms with E-state index in [1.807, 2.05) is 27.7 Å². The van der Waals surface area contributed by atoms with E-state index in [-0.39, 0.29) is 24.0 Å². The standard InChI is InChI=1S/C26H38FNO5/c1-15-10-19-18-7-6-16-11-17(30)8-9-22(16,4)25(18,27)20(31)12-23(19,5)26(15,32)24(13-29)28-21(2,3)14-33-24/h8-9,11,15,18-20,28-29,31-32H,6-7,10,12-14H2,1-5H3/t15-,18?,19?,20-,22-,23-,24?,25-,26+/m0/s1. The van der Waals surface area contributed by atoms with E-state index in [1.54, 1.807) is 13.0 Å². The number of rotatable bonds is 2. The zero-order valence-corrected chi connectivity index (χ0v) is 20.3. The Morgan fingerprint density at radius 2 is 1.94 bits per heavy atom.